The highest BCUT2D eigenvalue weighted by atomic mass is 32.2. The number of hydrogen-bond donors (Lipinski definition) is 1. The molecule has 1 atom stereocenters. The highest BCUT2D eigenvalue weighted by Crippen LogP contribution is 2.22. The van der Waals surface area contributed by atoms with E-state index in [4.69, 9.17) is 4.74 Å². The van der Waals surface area contributed by atoms with E-state index in [1.54, 1.807) is 7.11 Å². The van der Waals surface area contributed by atoms with Crippen molar-refractivity contribution in [3.05, 3.63) is 29.8 Å². The van der Waals surface area contributed by atoms with Gasteiger partial charge in [-0.3, -0.25) is 0 Å². The highest BCUT2D eigenvalue weighted by molar-refractivity contribution is 7.99. The number of methoxy groups -OCH3 is 1. The van der Waals surface area contributed by atoms with Gasteiger partial charge in [0.25, 0.3) is 0 Å². The molecule has 1 N–H and O–H groups in total. The average Bonchev–Trinajstić information content (AvgIpc) is 2.47. The molecule has 1 heterocycles. The first-order chi connectivity index (χ1) is 9.28. The molecule has 0 spiro atoms. The van der Waals surface area contributed by atoms with Crippen LogP contribution in [-0.4, -0.2) is 31.2 Å². The Morgan fingerprint density at radius 1 is 1.26 bits per heavy atom. The van der Waals surface area contributed by atoms with Crippen LogP contribution in [0.2, 0.25) is 0 Å². The number of thioether (sulfide) groups is 1. The van der Waals surface area contributed by atoms with Crippen molar-refractivity contribution in [3.63, 3.8) is 0 Å². The lowest BCUT2D eigenvalue weighted by atomic mass is 10.0. The van der Waals surface area contributed by atoms with Gasteiger partial charge in [-0.1, -0.05) is 12.1 Å². The third kappa shape index (κ3) is 5.07. The summed E-state index contributed by atoms with van der Waals surface area (Å²) in [4.78, 5) is 0. The predicted octanol–water partition coefficient (Wildman–Crippen LogP) is 3.36. The van der Waals surface area contributed by atoms with Crippen molar-refractivity contribution < 1.29 is 4.74 Å². The number of nitrogens with one attached hydrogen (secondary N) is 1. The molecule has 1 aromatic carbocycles. The Morgan fingerprint density at radius 3 is 2.58 bits per heavy atom. The van der Waals surface area contributed by atoms with Gasteiger partial charge in [0, 0.05) is 6.04 Å². The molecule has 0 bridgehead atoms. The van der Waals surface area contributed by atoms with Crippen molar-refractivity contribution in [1.82, 2.24) is 5.32 Å². The standard InChI is InChI=1S/C16H25NOS/c1-13(17-12-15-7-9-19-10-8-15)11-14-3-5-16(18-2)6-4-14/h3-6,13,15,17H,7-12H2,1-2H3. The van der Waals surface area contributed by atoms with Crippen molar-refractivity contribution >= 4 is 11.8 Å². The fraction of sp³-hybridized carbons (Fsp3) is 0.625. The van der Waals surface area contributed by atoms with Crippen molar-refractivity contribution in [2.75, 3.05) is 25.2 Å². The monoisotopic (exact) mass is 279 g/mol. The van der Waals surface area contributed by atoms with Crippen LogP contribution in [0.1, 0.15) is 25.3 Å². The molecule has 3 heteroatoms. The molecule has 0 amide bonds. The van der Waals surface area contributed by atoms with Crippen LogP contribution in [0.15, 0.2) is 24.3 Å². The molecule has 0 aliphatic carbocycles. The minimum Gasteiger partial charge on any atom is -0.497 e. The lowest BCUT2D eigenvalue weighted by Gasteiger charge is -2.24. The maximum atomic E-state index is 5.18. The molecular weight excluding hydrogens is 254 g/mol. The summed E-state index contributed by atoms with van der Waals surface area (Å²) in [5.74, 6) is 4.52. The Morgan fingerprint density at radius 2 is 1.95 bits per heavy atom. The van der Waals surface area contributed by atoms with E-state index in [1.165, 1.54) is 36.5 Å². The normalized spacial score (nSPS) is 18.2. The Kier molecular flexibility index (Phi) is 6.05. The van der Waals surface area contributed by atoms with Gasteiger partial charge < -0.3 is 10.1 Å². The molecule has 1 saturated heterocycles. The van der Waals surface area contributed by atoms with E-state index in [0.717, 1.165) is 18.1 Å². The van der Waals surface area contributed by atoms with E-state index in [-0.39, 0.29) is 0 Å². The van der Waals surface area contributed by atoms with Crippen molar-refractivity contribution in [2.45, 2.75) is 32.2 Å². The quantitative estimate of drug-likeness (QED) is 0.863. The topological polar surface area (TPSA) is 21.3 Å². The predicted molar refractivity (Wildman–Crippen MR) is 84.2 cm³/mol. The molecule has 106 valence electrons. The molecule has 0 radical (unpaired) electrons. The lowest BCUT2D eigenvalue weighted by molar-refractivity contribution is 0.412. The summed E-state index contributed by atoms with van der Waals surface area (Å²) in [5, 5.41) is 3.69. The number of hydrogen-bond acceptors (Lipinski definition) is 3. The second-order valence-corrected chi connectivity index (χ2v) is 6.64. The van der Waals surface area contributed by atoms with Crippen molar-refractivity contribution in [1.29, 1.82) is 0 Å². The summed E-state index contributed by atoms with van der Waals surface area (Å²) in [6, 6.07) is 8.95. The fourth-order valence-corrected chi connectivity index (χ4v) is 3.71. The van der Waals surface area contributed by atoms with E-state index >= 15 is 0 Å². The zero-order valence-corrected chi connectivity index (χ0v) is 12.8. The van der Waals surface area contributed by atoms with E-state index in [9.17, 15) is 0 Å². The molecular formula is C16H25NOS. The van der Waals surface area contributed by atoms with E-state index < -0.39 is 0 Å². The Bertz CT molecular complexity index is 360. The highest BCUT2D eigenvalue weighted by Gasteiger charge is 2.14. The SMILES string of the molecule is COc1ccc(CC(C)NCC2CCSCC2)cc1. The molecule has 1 fully saturated rings. The summed E-state index contributed by atoms with van der Waals surface area (Å²) in [5.41, 5.74) is 1.37. The first-order valence-corrected chi connectivity index (χ1v) is 8.37. The lowest BCUT2D eigenvalue weighted by Crippen LogP contribution is -2.34. The molecule has 1 aliphatic heterocycles. The van der Waals surface area contributed by atoms with E-state index in [0.29, 0.717) is 6.04 Å². The van der Waals surface area contributed by atoms with Crippen LogP contribution in [0, 0.1) is 5.92 Å². The molecule has 1 aliphatic rings. The Hall–Kier alpha value is -0.670. The minimum atomic E-state index is 0.544. The van der Waals surface area contributed by atoms with Gasteiger partial charge in [-0.05, 0) is 67.9 Å². The maximum absolute atomic E-state index is 5.18. The number of ether oxygens (including phenoxy) is 1. The van der Waals surface area contributed by atoms with Crippen LogP contribution < -0.4 is 10.1 Å². The summed E-state index contributed by atoms with van der Waals surface area (Å²) >= 11 is 2.10. The van der Waals surface area contributed by atoms with E-state index in [1.807, 2.05) is 12.1 Å². The summed E-state index contributed by atoms with van der Waals surface area (Å²) in [6.07, 6.45) is 3.85. The fourth-order valence-electron chi connectivity index (χ4n) is 2.51. The molecule has 1 aromatic rings. The van der Waals surface area contributed by atoms with Gasteiger partial charge >= 0.3 is 0 Å². The van der Waals surface area contributed by atoms with Crippen LogP contribution >= 0.6 is 11.8 Å². The molecule has 0 aromatic heterocycles. The number of rotatable bonds is 6. The van der Waals surface area contributed by atoms with Crippen LogP contribution in [0.5, 0.6) is 5.75 Å². The zero-order valence-electron chi connectivity index (χ0n) is 12.0. The van der Waals surface area contributed by atoms with E-state index in [2.05, 4.69) is 36.1 Å². The summed E-state index contributed by atoms with van der Waals surface area (Å²) < 4.78 is 5.18. The maximum Gasteiger partial charge on any atom is 0.118 e. The van der Waals surface area contributed by atoms with Crippen LogP contribution in [0.3, 0.4) is 0 Å². The van der Waals surface area contributed by atoms with Gasteiger partial charge in [0.05, 0.1) is 7.11 Å². The first kappa shape index (κ1) is 14.7. The Labute approximate surface area is 121 Å². The number of benzene rings is 1. The van der Waals surface area contributed by atoms with Crippen LogP contribution in [0.4, 0.5) is 0 Å². The molecule has 2 nitrogen and oxygen atoms in total. The van der Waals surface area contributed by atoms with Crippen molar-refractivity contribution in [2.24, 2.45) is 5.92 Å². The summed E-state index contributed by atoms with van der Waals surface area (Å²) in [7, 11) is 1.71. The van der Waals surface area contributed by atoms with Gasteiger partial charge in [0.2, 0.25) is 0 Å². The van der Waals surface area contributed by atoms with Gasteiger partial charge in [0.1, 0.15) is 5.75 Å². The second kappa shape index (κ2) is 7.81. The Balaban J connectivity index is 1.71. The molecule has 2 rings (SSSR count). The molecule has 19 heavy (non-hydrogen) atoms. The van der Waals surface area contributed by atoms with Crippen molar-refractivity contribution in [3.8, 4) is 5.75 Å². The zero-order chi connectivity index (χ0) is 13.5. The van der Waals surface area contributed by atoms with Crippen LogP contribution in [-0.2, 0) is 6.42 Å². The van der Waals surface area contributed by atoms with Gasteiger partial charge in [-0.2, -0.15) is 11.8 Å². The van der Waals surface area contributed by atoms with Gasteiger partial charge in [-0.15, -0.1) is 0 Å². The van der Waals surface area contributed by atoms with Gasteiger partial charge in [-0.25, -0.2) is 0 Å². The minimum absolute atomic E-state index is 0.544. The second-order valence-electron chi connectivity index (χ2n) is 5.42. The third-order valence-corrected chi connectivity index (χ3v) is 4.85. The smallest absolute Gasteiger partial charge is 0.118 e. The summed E-state index contributed by atoms with van der Waals surface area (Å²) in [6.45, 7) is 3.46. The molecule has 1 unspecified atom stereocenters. The molecule has 0 saturated carbocycles. The first-order valence-electron chi connectivity index (χ1n) is 7.22. The average molecular weight is 279 g/mol. The third-order valence-electron chi connectivity index (χ3n) is 3.80. The van der Waals surface area contributed by atoms with Crippen LogP contribution in [0.25, 0.3) is 0 Å². The van der Waals surface area contributed by atoms with Gasteiger partial charge in [0.15, 0.2) is 0 Å². The largest absolute Gasteiger partial charge is 0.497 e.